The number of hydrogen-bond donors (Lipinski definition) is 1. The monoisotopic (exact) mass is 458 g/mol. The topological polar surface area (TPSA) is 73.8 Å². The number of ether oxygens (including phenoxy) is 1. The Balaban J connectivity index is 1.20. The highest BCUT2D eigenvalue weighted by Crippen LogP contribution is 2.34. The number of piperidine rings is 1. The van der Waals surface area contributed by atoms with Crippen LogP contribution in [-0.4, -0.2) is 96.3 Å². The van der Waals surface area contributed by atoms with Crippen molar-refractivity contribution in [3.63, 3.8) is 0 Å². The third-order valence-electron chi connectivity index (χ3n) is 7.60. The molecule has 1 aromatic rings. The standard InChI is InChI=1S/C25H42N6O2/c1-4-33-18-24(32)26-10-5-11-29-12-8-20(9-13-29)21-14-27-25(28-15-21)31-22-6-7-23(31)17-30(16-22)19(2)3/h14-15,19-20,22-23H,4-13,16-18H2,1-3H3,(H,26,32). The van der Waals surface area contributed by atoms with Gasteiger partial charge in [-0.25, -0.2) is 9.97 Å². The number of amides is 1. The van der Waals surface area contributed by atoms with Crippen LogP contribution in [0.3, 0.4) is 0 Å². The van der Waals surface area contributed by atoms with E-state index < -0.39 is 0 Å². The molecule has 8 nitrogen and oxygen atoms in total. The van der Waals surface area contributed by atoms with Gasteiger partial charge in [-0.1, -0.05) is 0 Å². The molecule has 33 heavy (non-hydrogen) atoms. The fourth-order valence-corrected chi connectivity index (χ4v) is 5.63. The molecule has 1 aromatic heterocycles. The molecule has 2 unspecified atom stereocenters. The number of fused-ring (bicyclic) bond motifs is 2. The van der Waals surface area contributed by atoms with Gasteiger partial charge >= 0.3 is 0 Å². The van der Waals surface area contributed by atoms with Crippen molar-refractivity contribution in [3.8, 4) is 0 Å². The van der Waals surface area contributed by atoms with Crippen molar-refractivity contribution in [2.45, 2.75) is 76.9 Å². The Hall–Kier alpha value is -1.77. The number of hydrogen-bond acceptors (Lipinski definition) is 7. The highest BCUT2D eigenvalue weighted by Gasteiger charge is 2.41. The lowest BCUT2D eigenvalue weighted by Crippen LogP contribution is -2.56. The van der Waals surface area contributed by atoms with E-state index in [2.05, 4.69) is 46.3 Å². The SMILES string of the molecule is CCOCC(=O)NCCCN1CCC(c2cnc(N3C4CCC3CN(C(C)C)C4)nc2)CC1. The Bertz CT molecular complexity index is 736. The summed E-state index contributed by atoms with van der Waals surface area (Å²) in [5.74, 6) is 1.46. The van der Waals surface area contributed by atoms with E-state index in [1.54, 1.807) is 0 Å². The summed E-state index contributed by atoms with van der Waals surface area (Å²) in [6, 6.07) is 1.73. The van der Waals surface area contributed by atoms with E-state index >= 15 is 0 Å². The summed E-state index contributed by atoms with van der Waals surface area (Å²) >= 11 is 0. The maximum absolute atomic E-state index is 11.6. The number of nitrogens with one attached hydrogen (secondary N) is 1. The first-order valence-corrected chi connectivity index (χ1v) is 13.0. The van der Waals surface area contributed by atoms with E-state index in [-0.39, 0.29) is 12.5 Å². The first kappa shape index (κ1) is 24.4. The van der Waals surface area contributed by atoms with Crippen molar-refractivity contribution < 1.29 is 9.53 Å². The first-order valence-electron chi connectivity index (χ1n) is 13.0. The third kappa shape index (κ3) is 6.22. The maximum atomic E-state index is 11.6. The number of anilines is 1. The van der Waals surface area contributed by atoms with Gasteiger partial charge in [0, 0.05) is 56.8 Å². The van der Waals surface area contributed by atoms with Gasteiger partial charge in [-0.05, 0) is 84.0 Å². The third-order valence-corrected chi connectivity index (χ3v) is 7.60. The minimum absolute atomic E-state index is 0.0196. The molecule has 1 N–H and O–H groups in total. The second kappa shape index (κ2) is 11.6. The Kier molecular flexibility index (Phi) is 8.55. The zero-order valence-corrected chi connectivity index (χ0v) is 20.7. The summed E-state index contributed by atoms with van der Waals surface area (Å²) in [6.45, 7) is 13.4. The summed E-state index contributed by atoms with van der Waals surface area (Å²) in [5, 5.41) is 2.93. The number of carbonyl (C=O) groups excluding carboxylic acids is 1. The van der Waals surface area contributed by atoms with Gasteiger partial charge in [0.1, 0.15) is 6.61 Å². The second-order valence-corrected chi connectivity index (χ2v) is 10.1. The van der Waals surface area contributed by atoms with Crippen LogP contribution in [0, 0.1) is 0 Å². The molecule has 0 spiro atoms. The van der Waals surface area contributed by atoms with Crippen molar-refractivity contribution in [2.24, 2.45) is 0 Å². The van der Waals surface area contributed by atoms with Gasteiger partial charge in [0.25, 0.3) is 0 Å². The van der Waals surface area contributed by atoms with Crippen LogP contribution in [0.5, 0.6) is 0 Å². The lowest BCUT2D eigenvalue weighted by atomic mass is 9.91. The molecule has 3 fully saturated rings. The molecule has 4 heterocycles. The van der Waals surface area contributed by atoms with E-state index in [4.69, 9.17) is 14.7 Å². The molecule has 8 heteroatoms. The van der Waals surface area contributed by atoms with Crippen molar-refractivity contribution in [1.29, 1.82) is 0 Å². The maximum Gasteiger partial charge on any atom is 0.245 e. The molecular formula is C25H42N6O2. The van der Waals surface area contributed by atoms with Crippen molar-refractivity contribution in [2.75, 3.05) is 57.4 Å². The second-order valence-electron chi connectivity index (χ2n) is 10.1. The molecule has 1 amide bonds. The van der Waals surface area contributed by atoms with Gasteiger partial charge in [0.15, 0.2) is 0 Å². The fourth-order valence-electron chi connectivity index (χ4n) is 5.63. The van der Waals surface area contributed by atoms with Crippen LogP contribution in [0.2, 0.25) is 0 Å². The molecule has 2 bridgehead atoms. The van der Waals surface area contributed by atoms with E-state index in [9.17, 15) is 4.79 Å². The molecule has 3 aliphatic rings. The summed E-state index contributed by atoms with van der Waals surface area (Å²) in [4.78, 5) is 28.9. The Morgan fingerprint density at radius 1 is 1.12 bits per heavy atom. The predicted octanol–water partition coefficient (Wildman–Crippen LogP) is 2.26. The zero-order valence-electron chi connectivity index (χ0n) is 20.7. The van der Waals surface area contributed by atoms with E-state index in [1.165, 1.54) is 18.4 Å². The number of carbonyl (C=O) groups is 1. The predicted molar refractivity (Wildman–Crippen MR) is 131 cm³/mol. The van der Waals surface area contributed by atoms with Crippen molar-refractivity contribution >= 4 is 11.9 Å². The van der Waals surface area contributed by atoms with Gasteiger partial charge in [0.2, 0.25) is 11.9 Å². The number of aromatic nitrogens is 2. The van der Waals surface area contributed by atoms with Gasteiger partial charge in [-0.3, -0.25) is 9.69 Å². The van der Waals surface area contributed by atoms with Crippen LogP contribution < -0.4 is 10.2 Å². The quantitative estimate of drug-likeness (QED) is 0.539. The van der Waals surface area contributed by atoms with Crippen LogP contribution in [-0.2, 0) is 9.53 Å². The number of nitrogens with zero attached hydrogens (tertiary/aromatic N) is 5. The molecule has 0 aromatic carbocycles. The Morgan fingerprint density at radius 2 is 1.79 bits per heavy atom. The molecule has 3 aliphatic heterocycles. The van der Waals surface area contributed by atoms with Crippen LogP contribution in [0.1, 0.15) is 64.4 Å². The van der Waals surface area contributed by atoms with Gasteiger partial charge < -0.3 is 19.9 Å². The normalized spacial score (nSPS) is 24.5. The molecule has 0 aliphatic carbocycles. The van der Waals surface area contributed by atoms with Crippen LogP contribution in [0.4, 0.5) is 5.95 Å². The van der Waals surface area contributed by atoms with E-state index in [0.29, 0.717) is 37.2 Å². The largest absolute Gasteiger partial charge is 0.372 e. The van der Waals surface area contributed by atoms with E-state index in [0.717, 1.165) is 57.9 Å². The van der Waals surface area contributed by atoms with Gasteiger partial charge in [-0.2, -0.15) is 0 Å². The zero-order chi connectivity index (χ0) is 23.2. The van der Waals surface area contributed by atoms with Crippen molar-refractivity contribution in [3.05, 3.63) is 18.0 Å². The number of rotatable bonds is 10. The highest BCUT2D eigenvalue weighted by atomic mass is 16.5. The molecule has 0 radical (unpaired) electrons. The lowest BCUT2D eigenvalue weighted by molar-refractivity contribution is -0.125. The number of piperazine rings is 1. The van der Waals surface area contributed by atoms with Crippen molar-refractivity contribution in [1.82, 2.24) is 25.1 Å². The minimum Gasteiger partial charge on any atom is -0.372 e. The minimum atomic E-state index is -0.0196. The highest BCUT2D eigenvalue weighted by molar-refractivity contribution is 5.77. The summed E-state index contributed by atoms with van der Waals surface area (Å²) in [7, 11) is 0. The Morgan fingerprint density at radius 3 is 2.39 bits per heavy atom. The van der Waals surface area contributed by atoms with Crippen LogP contribution in [0.15, 0.2) is 12.4 Å². The van der Waals surface area contributed by atoms with Gasteiger partial charge in [0.05, 0.1) is 0 Å². The number of likely N-dealkylation sites (tertiary alicyclic amines) is 2. The van der Waals surface area contributed by atoms with Gasteiger partial charge in [-0.15, -0.1) is 0 Å². The average molecular weight is 459 g/mol. The fraction of sp³-hybridized carbons (Fsp3) is 0.800. The average Bonchev–Trinajstić information content (AvgIpc) is 3.09. The smallest absolute Gasteiger partial charge is 0.245 e. The molecule has 0 saturated carbocycles. The van der Waals surface area contributed by atoms with Crippen LogP contribution >= 0.6 is 0 Å². The molecule has 2 atom stereocenters. The molecule has 4 rings (SSSR count). The molecular weight excluding hydrogens is 416 g/mol. The summed E-state index contributed by atoms with van der Waals surface area (Å²) < 4.78 is 5.13. The Labute approximate surface area is 199 Å². The molecule has 184 valence electrons. The lowest BCUT2D eigenvalue weighted by Gasteiger charge is -2.42. The first-order chi connectivity index (χ1) is 16.0. The summed E-state index contributed by atoms with van der Waals surface area (Å²) in [6.07, 6.45) is 9.97. The van der Waals surface area contributed by atoms with E-state index in [1.807, 2.05) is 6.92 Å². The molecule has 3 saturated heterocycles. The summed E-state index contributed by atoms with van der Waals surface area (Å²) in [5.41, 5.74) is 1.29. The van der Waals surface area contributed by atoms with Crippen LogP contribution in [0.25, 0.3) is 0 Å².